The van der Waals surface area contributed by atoms with E-state index in [0.717, 1.165) is 0 Å². The van der Waals surface area contributed by atoms with Crippen LogP contribution >= 0.6 is 0 Å². The van der Waals surface area contributed by atoms with Gasteiger partial charge in [-0.15, -0.1) is 0 Å². The minimum Gasteiger partial charge on any atom is -0.361 e. The molecule has 0 aliphatic carbocycles. The second-order valence-corrected chi connectivity index (χ2v) is 5.03. The first kappa shape index (κ1) is 10.2. The fraction of sp³-hybridized carbons (Fsp3) is 0.385. The van der Waals surface area contributed by atoms with Crippen LogP contribution in [0.1, 0.15) is 31.9 Å². The summed E-state index contributed by atoms with van der Waals surface area (Å²) >= 11 is 0. The fourth-order valence-electron chi connectivity index (χ4n) is 1.81. The van der Waals surface area contributed by atoms with Crippen molar-refractivity contribution in [3.05, 3.63) is 35.5 Å². The van der Waals surface area contributed by atoms with Gasteiger partial charge < -0.3 is 10.7 Å². The molecule has 0 amide bonds. The standard InChI is InChI=1S/C13H18N2/c1-13(2,3)10-4-5-12-11(6-10)9(7-14)8-15-12/h4-6,8,15H,7,14H2,1-3H3. The first-order valence-corrected chi connectivity index (χ1v) is 5.33. The Kier molecular flexibility index (Phi) is 2.31. The molecule has 1 aromatic carbocycles. The van der Waals surface area contributed by atoms with Crippen molar-refractivity contribution in [3.8, 4) is 0 Å². The smallest absolute Gasteiger partial charge is 0.0457 e. The van der Waals surface area contributed by atoms with E-state index in [2.05, 4.69) is 44.0 Å². The summed E-state index contributed by atoms with van der Waals surface area (Å²) in [5, 5.41) is 1.25. The van der Waals surface area contributed by atoms with E-state index in [-0.39, 0.29) is 5.41 Å². The summed E-state index contributed by atoms with van der Waals surface area (Å²) in [4.78, 5) is 3.24. The lowest BCUT2D eigenvalue weighted by atomic mass is 9.86. The Bertz CT molecular complexity index is 475. The molecule has 15 heavy (non-hydrogen) atoms. The van der Waals surface area contributed by atoms with Gasteiger partial charge in [0.1, 0.15) is 0 Å². The van der Waals surface area contributed by atoms with Gasteiger partial charge in [0, 0.05) is 23.6 Å². The normalized spacial score (nSPS) is 12.3. The Morgan fingerprint density at radius 2 is 2.00 bits per heavy atom. The van der Waals surface area contributed by atoms with Crippen LogP contribution in [0.4, 0.5) is 0 Å². The van der Waals surface area contributed by atoms with Crippen LogP contribution in [-0.4, -0.2) is 4.98 Å². The molecule has 0 fully saturated rings. The predicted molar refractivity (Wildman–Crippen MR) is 64.9 cm³/mol. The lowest BCUT2D eigenvalue weighted by Crippen LogP contribution is -2.10. The van der Waals surface area contributed by atoms with Gasteiger partial charge in [0.2, 0.25) is 0 Å². The molecule has 0 spiro atoms. The van der Waals surface area contributed by atoms with Crippen molar-refractivity contribution in [2.75, 3.05) is 0 Å². The maximum absolute atomic E-state index is 5.70. The zero-order valence-electron chi connectivity index (χ0n) is 9.59. The summed E-state index contributed by atoms with van der Waals surface area (Å²) in [6.07, 6.45) is 2.00. The minimum atomic E-state index is 0.192. The number of benzene rings is 1. The third-order valence-corrected chi connectivity index (χ3v) is 2.85. The molecule has 2 rings (SSSR count). The van der Waals surface area contributed by atoms with Crippen molar-refractivity contribution in [2.24, 2.45) is 5.73 Å². The van der Waals surface area contributed by atoms with E-state index in [0.29, 0.717) is 6.54 Å². The second kappa shape index (κ2) is 3.38. The van der Waals surface area contributed by atoms with Crippen LogP contribution in [0.25, 0.3) is 10.9 Å². The maximum Gasteiger partial charge on any atom is 0.0457 e. The molecule has 2 heteroatoms. The summed E-state index contributed by atoms with van der Waals surface area (Å²) in [7, 11) is 0. The van der Waals surface area contributed by atoms with Gasteiger partial charge in [-0.2, -0.15) is 0 Å². The summed E-state index contributed by atoms with van der Waals surface area (Å²) in [6.45, 7) is 7.27. The van der Waals surface area contributed by atoms with Gasteiger partial charge in [-0.1, -0.05) is 26.8 Å². The van der Waals surface area contributed by atoms with Crippen molar-refractivity contribution in [1.29, 1.82) is 0 Å². The van der Waals surface area contributed by atoms with Gasteiger partial charge >= 0.3 is 0 Å². The molecule has 0 aliphatic heterocycles. The average Bonchev–Trinajstić information content (AvgIpc) is 2.57. The predicted octanol–water partition coefficient (Wildman–Crippen LogP) is 2.92. The van der Waals surface area contributed by atoms with Crippen LogP contribution in [0.5, 0.6) is 0 Å². The van der Waals surface area contributed by atoms with Crippen molar-refractivity contribution in [1.82, 2.24) is 4.98 Å². The van der Waals surface area contributed by atoms with E-state index in [1.54, 1.807) is 0 Å². The number of nitrogens with two attached hydrogens (primary N) is 1. The van der Waals surface area contributed by atoms with Crippen molar-refractivity contribution < 1.29 is 0 Å². The monoisotopic (exact) mass is 202 g/mol. The van der Waals surface area contributed by atoms with E-state index in [1.165, 1.54) is 22.0 Å². The second-order valence-electron chi connectivity index (χ2n) is 5.03. The quantitative estimate of drug-likeness (QED) is 0.733. The Labute approximate surface area is 90.5 Å². The van der Waals surface area contributed by atoms with Gasteiger partial charge in [0.15, 0.2) is 0 Å². The van der Waals surface area contributed by atoms with Gasteiger partial charge in [-0.3, -0.25) is 0 Å². The molecule has 0 radical (unpaired) electrons. The lowest BCUT2D eigenvalue weighted by molar-refractivity contribution is 0.591. The number of hydrogen-bond acceptors (Lipinski definition) is 1. The van der Waals surface area contributed by atoms with Crippen LogP contribution in [-0.2, 0) is 12.0 Å². The molecule has 0 bridgehead atoms. The average molecular weight is 202 g/mol. The van der Waals surface area contributed by atoms with Gasteiger partial charge in [-0.05, 0) is 28.7 Å². The minimum absolute atomic E-state index is 0.192. The van der Waals surface area contributed by atoms with E-state index in [1.807, 2.05) is 6.20 Å². The Hall–Kier alpha value is -1.28. The number of aromatic amines is 1. The number of fused-ring (bicyclic) bond motifs is 1. The van der Waals surface area contributed by atoms with Crippen LogP contribution in [0, 0.1) is 0 Å². The fourth-order valence-corrected chi connectivity index (χ4v) is 1.81. The molecule has 0 saturated carbocycles. The largest absolute Gasteiger partial charge is 0.361 e. The molecule has 1 aromatic heterocycles. The summed E-state index contributed by atoms with van der Waals surface area (Å²) in [5.41, 5.74) is 9.60. The number of rotatable bonds is 1. The first-order valence-electron chi connectivity index (χ1n) is 5.33. The van der Waals surface area contributed by atoms with Gasteiger partial charge in [0.25, 0.3) is 0 Å². The Balaban J connectivity index is 2.63. The molecule has 80 valence electrons. The zero-order valence-corrected chi connectivity index (χ0v) is 9.59. The molecule has 1 heterocycles. The number of aromatic nitrogens is 1. The first-order chi connectivity index (χ1) is 7.02. The molecule has 0 aliphatic rings. The highest BCUT2D eigenvalue weighted by molar-refractivity contribution is 5.84. The molecule has 0 atom stereocenters. The summed E-state index contributed by atoms with van der Waals surface area (Å²) in [5.74, 6) is 0. The number of nitrogens with one attached hydrogen (secondary N) is 1. The molecule has 2 nitrogen and oxygen atoms in total. The van der Waals surface area contributed by atoms with E-state index < -0.39 is 0 Å². The maximum atomic E-state index is 5.70. The topological polar surface area (TPSA) is 41.8 Å². The lowest BCUT2D eigenvalue weighted by Gasteiger charge is -2.19. The van der Waals surface area contributed by atoms with E-state index >= 15 is 0 Å². The van der Waals surface area contributed by atoms with E-state index in [9.17, 15) is 0 Å². The molecule has 3 N–H and O–H groups in total. The van der Waals surface area contributed by atoms with E-state index in [4.69, 9.17) is 5.73 Å². The van der Waals surface area contributed by atoms with Crippen LogP contribution in [0.3, 0.4) is 0 Å². The zero-order chi connectivity index (χ0) is 11.1. The number of H-pyrrole nitrogens is 1. The molecular formula is C13H18N2. The highest BCUT2D eigenvalue weighted by Crippen LogP contribution is 2.27. The third-order valence-electron chi connectivity index (χ3n) is 2.85. The molecule has 0 saturated heterocycles. The molecule has 2 aromatic rings. The van der Waals surface area contributed by atoms with Gasteiger partial charge in [0.05, 0.1) is 0 Å². The summed E-state index contributed by atoms with van der Waals surface area (Å²) < 4.78 is 0. The van der Waals surface area contributed by atoms with Gasteiger partial charge in [-0.25, -0.2) is 0 Å². The molecular weight excluding hydrogens is 184 g/mol. The van der Waals surface area contributed by atoms with Crippen LogP contribution in [0.2, 0.25) is 0 Å². The SMILES string of the molecule is CC(C)(C)c1ccc2[nH]cc(CN)c2c1. The highest BCUT2D eigenvalue weighted by Gasteiger charge is 2.14. The Morgan fingerprint density at radius 1 is 1.27 bits per heavy atom. The third kappa shape index (κ3) is 1.77. The van der Waals surface area contributed by atoms with Crippen LogP contribution < -0.4 is 5.73 Å². The molecule has 0 unspecified atom stereocenters. The van der Waals surface area contributed by atoms with Crippen molar-refractivity contribution >= 4 is 10.9 Å². The Morgan fingerprint density at radius 3 is 2.60 bits per heavy atom. The van der Waals surface area contributed by atoms with Crippen molar-refractivity contribution in [3.63, 3.8) is 0 Å². The highest BCUT2D eigenvalue weighted by atomic mass is 14.7. The van der Waals surface area contributed by atoms with Crippen molar-refractivity contribution in [2.45, 2.75) is 32.7 Å². The summed E-state index contributed by atoms with van der Waals surface area (Å²) in [6, 6.07) is 6.56. The van der Waals surface area contributed by atoms with Crippen LogP contribution in [0.15, 0.2) is 24.4 Å². The number of hydrogen-bond donors (Lipinski definition) is 2.